The van der Waals surface area contributed by atoms with Crippen molar-refractivity contribution in [2.75, 3.05) is 0 Å². The van der Waals surface area contributed by atoms with Gasteiger partial charge in [0.25, 0.3) is 0 Å². The molecule has 4 radical (unpaired) electrons. The predicted molar refractivity (Wildman–Crippen MR) is 52.4 cm³/mol. The van der Waals surface area contributed by atoms with E-state index in [4.69, 9.17) is 0 Å². The van der Waals surface area contributed by atoms with Gasteiger partial charge in [0, 0.05) is 23.7 Å². The van der Waals surface area contributed by atoms with Crippen molar-refractivity contribution in [1.82, 2.24) is 0 Å². The number of hydrogen-bond acceptors (Lipinski definition) is 0. The Kier molecular flexibility index (Phi) is 25.3. The van der Waals surface area contributed by atoms with Gasteiger partial charge in [-0.15, -0.1) is 0 Å². The molecule has 0 aliphatic carbocycles. The van der Waals surface area contributed by atoms with Gasteiger partial charge in [0.1, 0.15) is 0 Å². The molecule has 0 aliphatic rings. The molecule has 0 heterocycles. The number of rotatable bonds is 0. The summed E-state index contributed by atoms with van der Waals surface area (Å²) in [5.41, 5.74) is 0. The Labute approximate surface area is 91.4 Å². The molecule has 0 fully saturated rings. The summed E-state index contributed by atoms with van der Waals surface area (Å²) in [5, 5.41) is 0. The van der Waals surface area contributed by atoms with Gasteiger partial charge in [-0.1, -0.05) is 0 Å². The summed E-state index contributed by atoms with van der Waals surface area (Å²) in [4.78, 5) is 14.2. The van der Waals surface area contributed by atoms with E-state index in [1.54, 1.807) is 0 Å². The minimum atomic E-state index is -0.543. The van der Waals surface area contributed by atoms with Gasteiger partial charge in [0.15, 0.2) is 0 Å². The van der Waals surface area contributed by atoms with Crippen LogP contribution in [0.15, 0.2) is 0 Å². The second-order valence-corrected chi connectivity index (χ2v) is 20.1. The molecular formula is C6H18Sn2Te. The Morgan fingerprint density at radius 3 is 0.556 bits per heavy atom. The van der Waals surface area contributed by atoms with Crippen LogP contribution < -0.4 is 0 Å². The summed E-state index contributed by atoms with van der Waals surface area (Å²) in [7, 11) is 0. The maximum absolute atomic E-state index is 2.36. The van der Waals surface area contributed by atoms with Gasteiger partial charge in [-0.25, -0.2) is 0 Å². The molecule has 0 N–H and O–H groups in total. The normalized spacial score (nSPS) is 8.00. The van der Waals surface area contributed by atoms with E-state index in [-0.39, 0.29) is 23.7 Å². The molecule has 3 heteroatoms. The molecule has 0 aromatic rings. The van der Waals surface area contributed by atoms with Crippen molar-refractivity contribution in [3.8, 4) is 0 Å². The first-order chi connectivity index (χ1) is 3.46. The van der Waals surface area contributed by atoms with Crippen molar-refractivity contribution in [1.29, 1.82) is 0 Å². The molecular weight excluding hydrogens is 437 g/mol. The topological polar surface area (TPSA) is 0 Å². The van der Waals surface area contributed by atoms with E-state index in [0.29, 0.717) is 0 Å². The minimum Gasteiger partial charge on any atom is 0 e. The maximum atomic E-state index is 2.36. The zero-order valence-corrected chi connectivity index (χ0v) is 15.4. The van der Waals surface area contributed by atoms with Crippen molar-refractivity contribution in [2.24, 2.45) is 0 Å². The van der Waals surface area contributed by atoms with E-state index < -0.39 is 39.5 Å². The van der Waals surface area contributed by atoms with E-state index in [1.165, 1.54) is 0 Å². The van der Waals surface area contributed by atoms with Crippen LogP contribution in [0.4, 0.5) is 0 Å². The second-order valence-electron chi connectivity index (χ2n) is 3.00. The van der Waals surface area contributed by atoms with Crippen LogP contribution >= 0.6 is 0 Å². The zero-order valence-electron chi connectivity index (χ0n) is 7.41. The van der Waals surface area contributed by atoms with Crippen LogP contribution in [0.1, 0.15) is 0 Å². The van der Waals surface area contributed by atoms with Crippen molar-refractivity contribution in [3.63, 3.8) is 0 Å². The first-order valence-corrected chi connectivity index (χ1v) is 20.1. The molecule has 0 bridgehead atoms. The average Bonchev–Trinajstić information content (AvgIpc) is 1.25. The van der Waals surface area contributed by atoms with Crippen molar-refractivity contribution in [2.45, 2.75) is 29.6 Å². The van der Waals surface area contributed by atoms with Crippen LogP contribution in [0.2, 0.25) is 29.6 Å². The van der Waals surface area contributed by atoms with Gasteiger partial charge in [-0.05, 0) is 0 Å². The van der Waals surface area contributed by atoms with Crippen LogP contribution in [0, 0.1) is 0 Å². The quantitative estimate of drug-likeness (QED) is 0.493. The summed E-state index contributed by atoms with van der Waals surface area (Å²) < 4.78 is 0. The Bertz CT molecular complexity index is 26.5. The average molecular weight is 455 g/mol. The molecule has 0 aliphatic heterocycles. The van der Waals surface area contributed by atoms with Crippen LogP contribution in [0.3, 0.4) is 0 Å². The van der Waals surface area contributed by atoms with E-state index in [0.717, 1.165) is 0 Å². The van der Waals surface area contributed by atoms with Gasteiger partial charge in [-0.3, -0.25) is 0 Å². The SMILES string of the molecule is [CH3][Sn]([CH3])[CH3].[CH3][Sn]([CH3])[CH3].[Te]. The molecule has 0 aromatic carbocycles. The van der Waals surface area contributed by atoms with Crippen LogP contribution in [-0.2, 0) is 0 Å². The molecule has 0 saturated heterocycles. The second kappa shape index (κ2) is 13.0. The van der Waals surface area contributed by atoms with Gasteiger partial charge in [0.2, 0.25) is 0 Å². The van der Waals surface area contributed by atoms with Gasteiger partial charge in [0.05, 0.1) is 0 Å². The summed E-state index contributed by atoms with van der Waals surface area (Å²) >= 11 is -1.09. The first-order valence-electron chi connectivity index (χ1n) is 3.00. The Morgan fingerprint density at radius 1 is 0.556 bits per heavy atom. The molecule has 0 unspecified atom stereocenters. The van der Waals surface area contributed by atoms with Gasteiger partial charge < -0.3 is 0 Å². The zero-order chi connectivity index (χ0) is 7.15. The molecule has 56 valence electrons. The summed E-state index contributed by atoms with van der Waals surface area (Å²) in [6.07, 6.45) is 0. The van der Waals surface area contributed by atoms with Crippen molar-refractivity contribution >= 4 is 63.2 Å². The molecule has 0 nitrogen and oxygen atoms in total. The molecule has 0 rings (SSSR count). The third kappa shape index (κ3) is 128. The largest absolute Gasteiger partial charge is 0 e. The maximum Gasteiger partial charge on any atom is 0 e. The molecule has 0 amide bonds. The van der Waals surface area contributed by atoms with Crippen molar-refractivity contribution in [3.05, 3.63) is 0 Å². The fraction of sp³-hybridized carbons (Fsp3) is 1.00. The Balaban J connectivity index is -0.0000000720. The molecule has 0 saturated carbocycles. The third-order valence-electron chi connectivity index (χ3n) is 0. The first kappa shape index (κ1) is 17.5. The number of hydrogen-bond donors (Lipinski definition) is 0. The Hall–Kier alpha value is 2.39. The smallest absolute Gasteiger partial charge is 0 e. The van der Waals surface area contributed by atoms with Gasteiger partial charge >= 0.3 is 69.2 Å². The Morgan fingerprint density at radius 2 is 0.556 bits per heavy atom. The molecule has 0 aromatic heterocycles. The van der Waals surface area contributed by atoms with Crippen LogP contribution in [0.25, 0.3) is 0 Å². The van der Waals surface area contributed by atoms with E-state index in [1.807, 2.05) is 0 Å². The van der Waals surface area contributed by atoms with E-state index in [2.05, 4.69) is 29.6 Å². The van der Waals surface area contributed by atoms with E-state index >= 15 is 0 Å². The third-order valence-corrected chi connectivity index (χ3v) is 0. The predicted octanol–water partition coefficient (Wildman–Crippen LogP) is 2.36. The molecule has 0 atom stereocenters. The molecule has 0 spiro atoms. The summed E-state index contributed by atoms with van der Waals surface area (Å²) in [6, 6.07) is 0. The minimum absolute atomic E-state index is 0. The fourth-order valence-corrected chi connectivity index (χ4v) is 0. The van der Waals surface area contributed by atoms with Crippen molar-refractivity contribution < 1.29 is 0 Å². The van der Waals surface area contributed by atoms with Crippen LogP contribution in [0.5, 0.6) is 0 Å². The fourth-order valence-electron chi connectivity index (χ4n) is 0. The standard InChI is InChI=1S/6CH3.2Sn.Te/h6*1H3;;;. The van der Waals surface area contributed by atoms with Gasteiger partial charge in [-0.2, -0.15) is 0 Å². The summed E-state index contributed by atoms with van der Waals surface area (Å²) in [5.74, 6) is 0. The van der Waals surface area contributed by atoms with Crippen LogP contribution in [-0.4, -0.2) is 63.2 Å². The molecule has 9 heavy (non-hydrogen) atoms. The van der Waals surface area contributed by atoms with E-state index in [9.17, 15) is 0 Å². The monoisotopic (exact) mass is 460 g/mol. The summed E-state index contributed by atoms with van der Waals surface area (Å²) in [6.45, 7) is 0.